The highest BCUT2D eigenvalue weighted by Gasteiger charge is 2.06. The Morgan fingerprint density at radius 1 is 1.12 bits per heavy atom. The third-order valence-corrected chi connectivity index (χ3v) is 3.80. The molecule has 0 spiro atoms. The standard InChI is InChI=1S/C20H17FN2O2/c1-25-20(24)17-4-2-15(3-5-17)12-18(13-23-11-10-22-14-23)16-6-8-19(21)9-7-16/h2-12,14H,13H2,1H3. The van der Waals surface area contributed by atoms with Crippen molar-refractivity contribution < 1.29 is 13.9 Å². The number of aromatic nitrogens is 2. The van der Waals surface area contributed by atoms with E-state index in [1.165, 1.54) is 19.2 Å². The Morgan fingerprint density at radius 2 is 1.80 bits per heavy atom. The van der Waals surface area contributed by atoms with Crippen LogP contribution in [-0.2, 0) is 11.3 Å². The van der Waals surface area contributed by atoms with E-state index in [0.29, 0.717) is 12.1 Å². The molecule has 0 bridgehead atoms. The molecule has 0 aliphatic carbocycles. The first kappa shape index (κ1) is 16.6. The molecule has 4 nitrogen and oxygen atoms in total. The summed E-state index contributed by atoms with van der Waals surface area (Å²) in [7, 11) is 1.36. The fourth-order valence-electron chi connectivity index (χ4n) is 2.50. The molecule has 0 aliphatic heterocycles. The van der Waals surface area contributed by atoms with Gasteiger partial charge in [-0.15, -0.1) is 0 Å². The fourth-order valence-corrected chi connectivity index (χ4v) is 2.50. The van der Waals surface area contributed by atoms with Crippen LogP contribution in [0.2, 0.25) is 0 Å². The Bertz CT molecular complexity index is 867. The van der Waals surface area contributed by atoms with Gasteiger partial charge in [-0.3, -0.25) is 0 Å². The number of benzene rings is 2. The Hall–Kier alpha value is -3.21. The first-order chi connectivity index (χ1) is 12.2. The van der Waals surface area contributed by atoms with Crippen molar-refractivity contribution in [2.24, 2.45) is 0 Å². The van der Waals surface area contributed by atoms with E-state index in [2.05, 4.69) is 4.98 Å². The second kappa shape index (κ2) is 7.57. The molecule has 25 heavy (non-hydrogen) atoms. The Labute approximate surface area is 145 Å². The number of esters is 1. The minimum atomic E-state index is -0.368. The highest BCUT2D eigenvalue weighted by molar-refractivity contribution is 5.90. The van der Waals surface area contributed by atoms with E-state index in [-0.39, 0.29) is 11.8 Å². The van der Waals surface area contributed by atoms with Crippen molar-refractivity contribution >= 4 is 17.6 Å². The molecule has 0 fully saturated rings. The van der Waals surface area contributed by atoms with Crippen molar-refractivity contribution in [3.8, 4) is 0 Å². The zero-order chi connectivity index (χ0) is 17.6. The summed E-state index contributed by atoms with van der Waals surface area (Å²) >= 11 is 0. The van der Waals surface area contributed by atoms with Gasteiger partial charge in [-0.05, 0) is 47.0 Å². The highest BCUT2D eigenvalue weighted by atomic mass is 19.1. The lowest BCUT2D eigenvalue weighted by molar-refractivity contribution is 0.0600. The lowest BCUT2D eigenvalue weighted by Gasteiger charge is -2.10. The average molecular weight is 336 g/mol. The molecular formula is C20H17FN2O2. The van der Waals surface area contributed by atoms with Gasteiger partial charge in [0.2, 0.25) is 0 Å². The molecule has 1 heterocycles. The van der Waals surface area contributed by atoms with Crippen LogP contribution in [0.1, 0.15) is 21.5 Å². The van der Waals surface area contributed by atoms with Crippen molar-refractivity contribution in [2.75, 3.05) is 7.11 Å². The molecule has 2 aromatic carbocycles. The van der Waals surface area contributed by atoms with Crippen LogP contribution in [0.25, 0.3) is 11.6 Å². The number of halogens is 1. The van der Waals surface area contributed by atoms with Crippen LogP contribution in [0.4, 0.5) is 4.39 Å². The van der Waals surface area contributed by atoms with Gasteiger partial charge in [0.15, 0.2) is 0 Å². The topological polar surface area (TPSA) is 44.1 Å². The van der Waals surface area contributed by atoms with Gasteiger partial charge >= 0.3 is 5.97 Å². The molecule has 0 atom stereocenters. The monoisotopic (exact) mass is 336 g/mol. The maximum atomic E-state index is 13.2. The van der Waals surface area contributed by atoms with Crippen LogP contribution in [0.15, 0.2) is 67.3 Å². The van der Waals surface area contributed by atoms with Gasteiger partial charge in [-0.1, -0.05) is 24.3 Å². The van der Waals surface area contributed by atoms with E-state index < -0.39 is 0 Å². The number of carbonyl (C=O) groups is 1. The summed E-state index contributed by atoms with van der Waals surface area (Å²) in [5, 5.41) is 0. The van der Waals surface area contributed by atoms with Crippen LogP contribution in [0.5, 0.6) is 0 Å². The molecule has 0 N–H and O–H groups in total. The zero-order valence-electron chi connectivity index (χ0n) is 13.7. The summed E-state index contributed by atoms with van der Waals surface area (Å²) in [4.78, 5) is 15.6. The van der Waals surface area contributed by atoms with Gasteiger partial charge in [0.25, 0.3) is 0 Å². The molecule has 0 saturated carbocycles. The summed E-state index contributed by atoms with van der Waals surface area (Å²) in [5.41, 5.74) is 3.36. The predicted molar refractivity (Wildman–Crippen MR) is 94.3 cm³/mol. The lowest BCUT2D eigenvalue weighted by atomic mass is 10.0. The summed E-state index contributed by atoms with van der Waals surface area (Å²) in [5.74, 6) is -0.638. The molecule has 1 aromatic heterocycles. The number of carbonyl (C=O) groups excluding carboxylic acids is 1. The van der Waals surface area contributed by atoms with Crippen molar-refractivity contribution in [1.29, 1.82) is 0 Å². The average Bonchev–Trinajstić information content (AvgIpc) is 3.15. The molecule has 0 amide bonds. The number of imidazole rings is 1. The van der Waals surface area contributed by atoms with E-state index in [1.54, 1.807) is 36.8 Å². The molecule has 0 saturated heterocycles. The molecular weight excluding hydrogens is 319 g/mol. The molecule has 0 unspecified atom stereocenters. The molecule has 5 heteroatoms. The predicted octanol–water partition coefficient (Wildman–Crippen LogP) is 4.05. The Balaban J connectivity index is 1.93. The number of allylic oxidation sites excluding steroid dienone is 1. The molecule has 126 valence electrons. The molecule has 3 aromatic rings. The fraction of sp³-hybridized carbons (Fsp3) is 0.100. The van der Waals surface area contributed by atoms with Crippen molar-refractivity contribution in [3.63, 3.8) is 0 Å². The van der Waals surface area contributed by atoms with Crippen LogP contribution >= 0.6 is 0 Å². The minimum Gasteiger partial charge on any atom is -0.465 e. The third-order valence-electron chi connectivity index (χ3n) is 3.80. The van der Waals surface area contributed by atoms with Gasteiger partial charge in [-0.25, -0.2) is 14.2 Å². The lowest BCUT2D eigenvalue weighted by Crippen LogP contribution is -2.01. The molecule has 0 radical (unpaired) electrons. The largest absolute Gasteiger partial charge is 0.465 e. The Morgan fingerprint density at radius 3 is 2.40 bits per heavy atom. The smallest absolute Gasteiger partial charge is 0.337 e. The SMILES string of the molecule is COC(=O)c1ccc(C=C(Cn2ccnc2)c2ccc(F)cc2)cc1. The van der Waals surface area contributed by atoms with E-state index in [9.17, 15) is 9.18 Å². The number of ether oxygens (including phenoxy) is 1. The van der Waals surface area contributed by atoms with Crippen molar-refractivity contribution in [2.45, 2.75) is 6.54 Å². The van der Waals surface area contributed by atoms with E-state index >= 15 is 0 Å². The summed E-state index contributed by atoms with van der Waals surface area (Å²) in [6.45, 7) is 0.602. The maximum absolute atomic E-state index is 13.2. The number of nitrogens with zero attached hydrogens (tertiary/aromatic N) is 2. The van der Waals surface area contributed by atoms with Gasteiger partial charge in [0.1, 0.15) is 5.82 Å². The highest BCUT2D eigenvalue weighted by Crippen LogP contribution is 2.21. The second-order valence-electron chi connectivity index (χ2n) is 5.53. The van der Waals surface area contributed by atoms with Crippen molar-refractivity contribution in [3.05, 3.63) is 89.8 Å². The molecule has 3 rings (SSSR count). The van der Waals surface area contributed by atoms with Crippen LogP contribution in [-0.4, -0.2) is 22.6 Å². The maximum Gasteiger partial charge on any atom is 0.337 e. The number of rotatable bonds is 5. The number of hydrogen-bond acceptors (Lipinski definition) is 3. The quantitative estimate of drug-likeness (QED) is 0.521. The normalized spacial score (nSPS) is 11.4. The van der Waals surface area contributed by atoms with E-state index in [0.717, 1.165) is 16.7 Å². The van der Waals surface area contributed by atoms with Gasteiger partial charge in [0.05, 0.1) is 19.0 Å². The Kier molecular flexibility index (Phi) is 5.04. The van der Waals surface area contributed by atoms with Crippen molar-refractivity contribution in [1.82, 2.24) is 9.55 Å². The summed E-state index contributed by atoms with van der Waals surface area (Å²) in [6, 6.07) is 13.5. The van der Waals surface area contributed by atoms with E-state index in [4.69, 9.17) is 4.74 Å². The molecule has 0 aliphatic rings. The van der Waals surface area contributed by atoms with Crippen LogP contribution < -0.4 is 0 Å². The number of methoxy groups -OCH3 is 1. The third kappa shape index (κ3) is 4.20. The van der Waals surface area contributed by atoms with Gasteiger partial charge in [-0.2, -0.15) is 0 Å². The first-order valence-corrected chi connectivity index (χ1v) is 7.76. The number of hydrogen-bond donors (Lipinski definition) is 0. The van der Waals surface area contributed by atoms with Crippen LogP contribution in [0.3, 0.4) is 0 Å². The zero-order valence-corrected chi connectivity index (χ0v) is 13.7. The summed E-state index contributed by atoms with van der Waals surface area (Å²) < 4.78 is 19.9. The van der Waals surface area contributed by atoms with Gasteiger partial charge in [0, 0.05) is 18.9 Å². The van der Waals surface area contributed by atoms with Crippen LogP contribution in [0, 0.1) is 5.82 Å². The summed E-state index contributed by atoms with van der Waals surface area (Å²) in [6.07, 6.45) is 7.33. The minimum absolute atomic E-state index is 0.270. The van der Waals surface area contributed by atoms with E-state index in [1.807, 2.05) is 29.0 Å². The first-order valence-electron chi connectivity index (χ1n) is 7.76. The second-order valence-corrected chi connectivity index (χ2v) is 5.53. The van der Waals surface area contributed by atoms with Gasteiger partial charge < -0.3 is 9.30 Å².